The summed E-state index contributed by atoms with van der Waals surface area (Å²) in [6, 6.07) is 17.4. The lowest BCUT2D eigenvalue weighted by atomic mass is 9.82. The molecule has 0 fully saturated rings. The van der Waals surface area contributed by atoms with E-state index >= 15 is 0 Å². The molecule has 0 saturated carbocycles. The van der Waals surface area contributed by atoms with Crippen LogP contribution in [0.1, 0.15) is 22.7 Å². The summed E-state index contributed by atoms with van der Waals surface area (Å²) in [5.74, 6) is 1.69. The fourth-order valence-corrected chi connectivity index (χ4v) is 3.70. The van der Waals surface area contributed by atoms with Gasteiger partial charge in [-0.15, -0.1) is 0 Å². The largest absolute Gasteiger partial charge is 0.457 e. The number of carbonyl (C=O) groups is 1. The van der Waals surface area contributed by atoms with E-state index in [-0.39, 0.29) is 18.5 Å². The van der Waals surface area contributed by atoms with Crippen molar-refractivity contribution >= 4 is 11.8 Å². The van der Waals surface area contributed by atoms with Crippen molar-refractivity contribution in [2.24, 2.45) is 0 Å². The number of ether oxygens (including phenoxy) is 2. The van der Waals surface area contributed by atoms with Crippen LogP contribution < -0.4 is 10.1 Å². The van der Waals surface area contributed by atoms with E-state index in [1.807, 2.05) is 61.5 Å². The van der Waals surface area contributed by atoms with E-state index in [0.29, 0.717) is 11.3 Å². The molecule has 1 atom stereocenters. The molecule has 0 spiro atoms. The third-order valence-electron chi connectivity index (χ3n) is 4.90. The van der Waals surface area contributed by atoms with Crippen molar-refractivity contribution in [3.63, 3.8) is 0 Å². The number of hydrogen-bond acceptors (Lipinski definition) is 5. The Kier molecular flexibility index (Phi) is 3.50. The number of aromatic amines is 1. The highest BCUT2D eigenvalue weighted by atomic mass is 16.5. The Labute approximate surface area is 155 Å². The van der Waals surface area contributed by atoms with E-state index in [0.717, 1.165) is 34.1 Å². The van der Waals surface area contributed by atoms with Gasteiger partial charge in [0.05, 0.1) is 11.3 Å². The predicted octanol–water partition coefficient (Wildman–Crippen LogP) is 3.88. The predicted molar refractivity (Wildman–Crippen MR) is 99.7 cm³/mol. The van der Waals surface area contributed by atoms with Gasteiger partial charge in [-0.2, -0.15) is 5.10 Å². The Morgan fingerprint density at radius 3 is 2.78 bits per heavy atom. The van der Waals surface area contributed by atoms with E-state index in [1.54, 1.807) is 0 Å². The SMILES string of the molecule is Cc1[nH]nc2c1C(c1cccc(Oc3ccccc3)c1)C1=C(COC1=O)N2. The summed E-state index contributed by atoms with van der Waals surface area (Å²) in [6.45, 7) is 2.20. The highest BCUT2D eigenvalue weighted by molar-refractivity contribution is 5.97. The monoisotopic (exact) mass is 359 g/mol. The topological polar surface area (TPSA) is 76.2 Å². The Hall–Kier alpha value is -3.54. The molecule has 0 bridgehead atoms. The lowest BCUT2D eigenvalue weighted by Gasteiger charge is -2.24. The minimum absolute atomic E-state index is 0.246. The highest BCUT2D eigenvalue weighted by Gasteiger charge is 2.40. The van der Waals surface area contributed by atoms with Crippen molar-refractivity contribution < 1.29 is 14.3 Å². The number of anilines is 1. The maximum absolute atomic E-state index is 12.4. The van der Waals surface area contributed by atoms with Crippen LogP contribution in [0.2, 0.25) is 0 Å². The summed E-state index contributed by atoms with van der Waals surface area (Å²) < 4.78 is 11.2. The first-order valence-corrected chi connectivity index (χ1v) is 8.75. The number of esters is 1. The highest BCUT2D eigenvalue weighted by Crippen LogP contribution is 2.45. The first-order chi connectivity index (χ1) is 13.2. The molecular formula is C21H17N3O3. The zero-order chi connectivity index (χ0) is 18.4. The van der Waals surface area contributed by atoms with Crippen molar-refractivity contribution in [2.45, 2.75) is 12.8 Å². The van der Waals surface area contributed by atoms with Crippen molar-refractivity contribution in [2.75, 3.05) is 11.9 Å². The van der Waals surface area contributed by atoms with Crippen LogP contribution in [0, 0.1) is 6.92 Å². The summed E-state index contributed by atoms with van der Waals surface area (Å²) in [5, 5.41) is 10.6. The number of nitrogens with one attached hydrogen (secondary N) is 2. The lowest BCUT2D eigenvalue weighted by molar-refractivity contribution is -0.136. The third kappa shape index (κ3) is 2.57. The molecule has 0 amide bonds. The smallest absolute Gasteiger partial charge is 0.337 e. The molecule has 0 aliphatic carbocycles. The van der Waals surface area contributed by atoms with E-state index in [2.05, 4.69) is 15.5 Å². The molecular weight excluding hydrogens is 342 g/mol. The molecule has 0 radical (unpaired) electrons. The Morgan fingerprint density at radius 1 is 1.11 bits per heavy atom. The number of hydrogen-bond donors (Lipinski definition) is 2. The number of H-pyrrole nitrogens is 1. The molecule has 2 aliphatic rings. The average Bonchev–Trinajstić information content (AvgIpc) is 3.24. The second-order valence-electron chi connectivity index (χ2n) is 6.62. The number of rotatable bonds is 3. The molecule has 3 heterocycles. The normalized spacial score (nSPS) is 17.8. The number of cyclic esters (lactones) is 1. The van der Waals surface area contributed by atoms with Gasteiger partial charge in [0.2, 0.25) is 0 Å². The molecule has 134 valence electrons. The Bertz CT molecular complexity index is 1070. The lowest BCUT2D eigenvalue weighted by Crippen LogP contribution is -2.19. The minimum Gasteiger partial charge on any atom is -0.457 e. The minimum atomic E-state index is -0.289. The van der Waals surface area contributed by atoms with Crippen LogP contribution >= 0.6 is 0 Å². The molecule has 3 aromatic rings. The zero-order valence-corrected chi connectivity index (χ0v) is 14.7. The van der Waals surface area contributed by atoms with Gasteiger partial charge >= 0.3 is 5.97 Å². The van der Waals surface area contributed by atoms with Crippen LogP contribution in [0.3, 0.4) is 0 Å². The Balaban J connectivity index is 1.60. The molecule has 2 aromatic carbocycles. The summed E-state index contributed by atoms with van der Waals surface area (Å²) in [5.41, 5.74) is 4.26. The fraction of sp³-hybridized carbons (Fsp3) is 0.143. The summed E-state index contributed by atoms with van der Waals surface area (Å²) >= 11 is 0. The number of carbonyl (C=O) groups excluding carboxylic acids is 1. The average molecular weight is 359 g/mol. The van der Waals surface area contributed by atoms with E-state index in [4.69, 9.17) is 9.47 Å². The van der Waals surface area contributed by atoms with Crippen LogP contribution in [0.15, 0.2) is 65.9 Å². The van der Waals surface area contributed by atoms with Gasteiger partial charge in [-0.1, -0.05) is 30.3 Å². The number of fused-ring (bicyclic) bond motifs is 1. The van der Waals surface area contributed by atoms with Gasteiger partial charge in [-0.25, -0.2) is 4.79 Å². The number of para-hydroxylation sites is 1. The molecule has 6 nitrogen and oxygen atoms in total. The van der Waals surface area contributed by atoms with Gasteiger partial charge in [0.1, 0.15) is 18.1 Å². The maximum atomic E-state index is 12.4. The van der Waals surface area contributed by atoms with Crippen LogP contribution in [0.5, 0.6) is 11.5 Å². The molecule has 1 unspecified atom stereocenters. The van der Waals surface area contributed by atoms with Gasteiger partial charge in [0.15, 0.2) is 5.82 Å². The summed E-state index contributed by atoms with van der Waals surface area (Å²) in [4.78, 5) is 12.4. The van der Waals surface area contributed by atoms with Crippen molar-refractivity contribution in [3.8, 4) is 11.5 Å². The Morgan fingerprint density at radius 2 is 1.93 bits per heavy atom. The first kappa shape index (κ1) is 15.7. The zero-order valence-electron chi connectivity index (χ0n) is 14.7. The third-order valence-corrected chi connectivity index (χ3v) is 4.90. The van der Waals surface area contributed by atoms with E-state index < -0.39 is 0 Å². The summed E-state index contributed by atoms with van der Waals surface area (Å²) in [6.07, 6.45) is 0. The van der Waals surface area contributed by atoms with Gasteiger partial charge < -0.3 is 14.8 Å². The quantitative estimate of drug-likeness (QED) is 0.694. The van der Waals surface area contributed by atoms with Gasteiger partial charge in [0, 0.05) is 17.2 Å². The number of aromatic nitrogens is 2. The van der Waals surface area contributed by atoms with Crippen LogP contribution in [-0.2, 0) is 9.53 Å². The van der Waals surface area contributed by atoms with Gasteiger partial charge in [-0.3, -0.25) is 5.10 Å². The van der Waals surface area contributed by atoms with Crippen LogP contribution in [-0.4, -0.2) is 22.8 Å². The standard InChI is InChI=1S/C21H17N3O3/c1-12-17-18(19-16(11-26-21(19)25)22-20(17)24-23-12)13-6-5-9-15(10-13)27-14-7-3-2-4-8-14/h2-10,18H,11H2,1H3,(H2,22,23,24). The van der Waals surface area contributed by atoms with Crippen molar-refractivity contribution in [1.82, 2.24) is 10.2 Å². The molecule has 1 aromatic heterocycles. The van der Waals surface area contributed by atoms with Crippen LogP contribution in [0.25, 0.3) is 0 Å². The molecule has 6 heteroatoms. The van der Waals surface area contributed by atoms with Gasteiger partial charge in [0.25, 0.3) is 0 Å². The number of aryl methyl sites for hydroxylation is 1. The molecule has 2 N–H and O–H groups in total. The van der Waals surface area contributed by atoms with Gasteiger partial charge in [-0.05, 0) is 36.8 Å². The second kappa shape index (κ2) is 6.02. The molecule has 0 saturated heterocycles. The molecule has 27 heavy (non-hydrogen) atoms. The molecule has 5 rings (SSSR count). The number of benzene rings is 2. The summed E-state index contributed by atoms with van der Waals surface area (Å²) in [7, 11) is 0. The first-order valence-electron chi connectivity index (χ1n) is 8.75. The fourth-order valence-electron chi connectivity index (χ4n) is 3.70. The molecule has 2 aliphatic heterocycles. The van der Waals surface area contributed by atoms with Crippen molar-refractivity contribution in [3.05, 3.63) is 82.7 Å². The van der Waals surface area contributed by atoms with E-state index in [9.17, 15) is 4.79 Å². The van der Waals surface area contributed by atoms with Crippen LogP contribution in [0.4, 0.5) is 5.82 Å². The number of nitrogens with zero attached hydrogens (tertiary/aromatic N) is 1. The second-order valence-corrected chi connectivity index (χ2v) is 6.62. The maximum Gasteiger partial charge on any atom is 0.337 e. The van der Waals surface area contributed by atoms with Crippen molar-refractivity contribution in [1.29, 1.82) is 0 Å². The van der Waals surface area contributed by atoms with E-state index in [1.165, 1.54) is 0 Å².